The number of amides is 1. The minimum Gasteiger partial charge on any atom is -0.463 e. The zero-order chi connectivity index (χ0) is 14.4. The highest BCUT2D eigenvalue weighted by molar-refractivity contribution is 8.01. The van der Waals surface area contributed by atoms with Gasteiger partial charge in [-0.2, -0.15) is 0 Å². The molecule has 1 aliphatic rings. The van der Waals surface area contributed by atoms with Crippen molar-refractivity contribution in [1.82, 2.24) is 0 Å². The van der Waals surface area contributed by atoms with Crippen molar-refractivity contribution in [3.8, 4) is 0 Å². The summed E-state index contributed by atoms with van der Waals surface area (Å²) < 4.78 is 10.1. The van der Waals surface area contributed by atoms with Crippen molar-refractivity contribution in [2.75, 3.05) is 25.1 Å². The number of fused-ring (bicyclic) bond motifs is 1. The van der Waals surface area contributed by atoms with Crippen LogP contribution < -0.4 is 5.32 Å². The van der Waals surface area contributed by atoms with E-state index in [4.69, 9.17) is 9.47 Å². The second-order valence-electron chi connectivity index (χ2n) is 4.21. The first-order chi connectivity index (χ1) is 9.70. The molecule has 6 heteroatoms. The van der Waals surface area contributed by atoms with Gasteiger partial charge in [-0.25, -0.2) is 0 Å². The Bertz CT molecular complexity index is 492. The topological polar surface area (TPSA) is 64.6 Å². The van der Waals surface area contributed by atoms with Gasteiger partial charge in [0.25, 0.3) is 0 Å². The fourth-order valence-corrected chi connectivity index (χ4v) is 2.89. The molecule has 1 amide bonds. The molecule has 1 aliphatic heterocycles. The number of anilines is 1. The molecule has 1 unspecified atom stereocenters. The van der Waals surface area contributed by atoms with Crippen LogP contribution in [-0.2, 0) is 19.1 Å². The molecule has 0 fully saturated rings. The van der Waals surface area contributed by atoms with Crippen LogP contribution in [0.3, 0.4) is 0 Å². The molecule has 0 saturated carbocycles. The van der Waals surface area contributed by atoms with Gasteiger partial charge in [-0.1, -0.05) is 12.1 Å². The molecular formula is C14H17NO4S. The van der Waals surface area contributed by atoms with Crippen molar-refractivity contribution in [2.45, 2.75) is 23.5 Å². The van der Waals surface area contributed by atoms with Gasteiger partial charge in [0, 0.05) is 11.5 Å². The van der Waals surface area contributed by atoms with Crippen LogP contribution >= 0.6 is 11.8 Å². The summed E-state index contributed by atoms with van der Waals surface area (Å²) in [6.07, 6.45) is 0.0664. The number of carbonyl (C=O) groups is 2. The maximum absolute atomic E-state index is 11.9. The number of ether oxygens (including phenoxy) is 2. The first-order valence-electron chi connectivity index (χ1n) is 6.50. The maximum Gasteiger partial charge on any atom is 0.307 e. The van der Waals surface area contributed by atoms with Crippen LogP contribution in [-0.4, -0.2) is 36.9 Å². The molecule has 0 saturated heterocycles. The second-order valence-corrected chi connectivity index (χ2v) is 5.46. The number of carbonyl (C=O) groups excluding carboxylic acids is 2. The Morgan fingerprint density at radius 3 is 2.95 bits per heavy atom. The molecule has 108 valence electrons. The Labute approximate surface area is 122 Å². The van der Waals surface area contributed by atoms with Gasteiger partial charge in [-0.15, -0.1) is 11.8 Å². The molecule has 0 bridgehead atoms. The number of thioether (sulfide) groups is 1. The standard InChI is InChI=1S/C14H17NO4S/c1-2-18-7-8-19-13(16)9-12-14(17)15-10-5-3-4-6-11(10)20-12/h3-6,12H,2,7-9H2,1H3,(H,15,17). The van der Waals surface area contributed by atoms with E-state index < -0.39 is 5.25 Å². The summed E-state index contributed by atoms with van der Waals surface area (Å²) in [7, 11) is 0. The van der Waals surface area contributed by atoms with Crippen LogP contribution in [0.2, 0.25) is 0 Å². The van der Waals surface area contributed by atoms with Gasteiger partial charge in [0.2, 0.25) is 5.91 Å². The zero-order valence-corrected chi connectivity index (χ0v) is 12.1. The largest absolute Gasteiger partial charge is 0.463 e. The number of nitrogens with one attached hydrogen (secondary N) is 1. The van der Waals surface area contributed by atoms with Gasteiger partial charge in [-0.3, -0.25) is 9.59 Å². The molecule has 0 spiro atoms. The molecule has 1 aromatic rings. The minimum atomic E-state index is -0.440. The number of esters is 1. The van der Waals surface area contributed by atoms with Crippen molar-refractivity contribution in [3.63, 3.8) is 0 Å². The Hall–Kier alpha value is -1.53. The predicted molar refractivity (Wildman–Crippen MR) is 76.8 cm³/mol. The summed E-state index contributed by atoms with van der Waals surface area (Å²) in [4.78, 5) is 24.5. The van der Waals surface area contributed by atoms with Gasteiger partial charge in [0.1, 0.15) is 6.61 Å². The lowest BCUT2D eigenvalue weighted by atomic mass is 10.2. The average Bonchev–Trinajstić information content (AvgIpc) is 2.44. The monoisotopic (exact) mass is 295 g/mol. The third-order valence-corrected chi connectivity index (χ3v) is 4.03. The molecule has 1 aromatic carbocycles. The van der Waals surface area contributed by atoms with Gasteiger partial charge in [-0.05, 0) is 19.1 Å². The van der Waals surface area contributed by atoms with Gasteiger partial charge in [0.15, 0.2) is 0 Å². The molecule has 20 heavy (non-hydrogen) atoms. The van der Waals surface area contributed by atoms with Crippen molar-refractivity contribution >= 4 is 29.3 Å². The molecule has 0 aliphatic carbocycles. The lowest BCUT2D eigenvalue weighted by molar-refractivity contribution is -0.145. The molecule has 1 N–H and O–H groups in total. The van der Waals surface area contributed by atoms with E-state index >= 15 is 0 Å². The first kappa shape index (κ1) is 14.9. The van der Waals surface area contributed by atoms with Crippen LogP contribution in [0, 0.1) is 0 Å². The molecule has 5 nitrogen and oxygen atoms in total. The lowest BCUT2D eigenvalue weighted by Gasteiger charge is -2.23. The zero-order valence-electron chi connectivity index (χ0n) is 11.3. The fourth-order valence-electron chi connectivity index (χ4n) is 1.80. The molecule has 0 aromatic heterocycles. The van der Waals surface area contributed by atoms with Crippen LogP contribution in [0.15, 0.2) is 29.2 Å². The quantitative estimate of drug-likeness (QED) is 0.643. The normalized spacial score (nSPS) is 17.2. The second kappa shape index (κ2) is 7.31. The highest BCUT2D eigenvalue weighted by Crippen LogP contribution is 2.36. The highest BCUT2D eigenvalue weighted by atomic mass is 32.2. The number of benzene rings is 1. The van der Waals surface area contributed by atoms with Crippen molar-refractivity contribution in [1.29, 1.82) is 0 Å². The van der Waals surface area contributed by atoms with Gasteiger partial charge >= 0.3 is 5.97 Å². The van der Waals surface area contributed by atoms with E-state index in [2.05, 4.69) is 5.32 Å². The van der Waals surface area contributed by atoms with Gasteiger partial charge < -0.3 is 14.8 Å². The van der Waals surface area contributed by atoms with Gasteiger partial charge in [0.05, 0.1) is 24.0 Å². The lowest BCUT2D eigenvalue weighted by Crippen LogP contribution is -2.31. The summed E-state index contributed by atoms with van der Waals surface area (Å²) in [6, 6.07) is 7.53. The fraction of sp³-hybridized carbons (Fsp3) is 0.429. The number of hydrogen-bond acceptors (Lipinski definition) is 5. The molecule has 1 atom stereocenters. The Morgan fingerprint density at radius 1 is 1.35 bits per heavy atom. The average molecular weight is 295 g/mol. The smallest absolute Gasteiger partial charge is 0.307 e. The van der Waals surface area contributed by atoms with Crippen LogP contribution in [0.5, 0.6) is 0 Å². The van der Waals surface area contributed by atoms with E-state index in [0.717, 1.165) is 10.6 Å². The van der Waals surface area contributed by atoms with Crippen molar-refractivity contribution in [3.05, 3.63) is 24.3 Å². The first-order valence-corrected chi connectivity index (χ1v) is 7.38. The highest BCUT2D eigenvalue weighted by Gasteiger charge is 2.29. The van der Waals surface area contributed by atoms with Crippen LogP contribution in [0.1, 0.15) is 13.3 Å². The number of para-hydroxylation sites is 1. The summed E-state index contributed by atoms with van der Waals surface area (Å²) in [5.41, 5.74) is 0.795. The predicted octanol–water partition coefficient (Wildman–Crippen LogP) is 2.07. The molecule has 0 radical (unpaired) electrons. The molecule has 2 rings (SSSR count). The molecule has 1 heterocycles. The van der Waals surface area contributed by atoms with E-state index in [0.29, 0.717) is 13.2 Å². The van der Waals surface area contributed by atoms with E-state index in [1.54, 1.807) is 0 Å². The van der Waals surface area contributed by atoms with Crippen LogP contribution in [0.4, 0.5) is 5.69 Å². The Morgan fingerprint density at radius 2 is 2.15 bits per heavy atom. The Balaban J connectivity index is 1.84. The number of rotatable bonds is 6. The summed E-state index contributed by atoms with van der Waals surface area (Å²) in [5, 5.41) is 2.36. The van der Waals surface area contributed by atoms with Crippen molar-refractivity contribution < 1.29 is 19.1 Å². The third kappa shape index (κ3) is 3.98. The maximum atomic E-state index is 11.9. The third-order valence-electron chi connectivity index (χ3n) is 2.75. The van der Waals surface area contributed by atoms with E-state index in [9.17, 15) is 9.59 Å². The summed E-state index contributed by atoms with van der Waals surface area (Å²) in [5.74, 6) is -0.535. The van der Waals surface area contributed by atoms with E-state index in [1.165, 1.54) is 11.8 Å². The SMILES string of the molecule is CCOCCOC(=O)CC1Sc2ccccc2NC1=O. The summed E-state index contributed by atoms with van der Waals surface area (Å²) >= 11 is 1.39. The molecular weight excluding hydrogens is 278 g/mol. The van der Waals surface area contributed by atoms with E-state index in [-0.39, 0.29) is 24.9 Å². The Kier molecular flexibility index (Phi) is 5.43. The van der Waals surface area contributed by atoms with E-state index in [1.807, 2.05) is 31.2 Å². The summed E-state index contributed by atoms with van der Waals surface area (Å²) in [6.45, 7) is 3.08. The van der Waals surface area contributed by atoms with Crippen molar-refractivity contribution in [2.24, 2.45) is 0 Å². The number of hydrogen-bond donors (Lipinski definition) is 1. The van der Waals surface area contributed by atoms with Crippen LogP contribution in [0.25, 0.3) is 0 Å². The minimum absolute atomic E-state index is 0.0664.